The molecule has 0 saturated heterocycles. The van der Waals surface area contributed by atoms with Gasteiger partial charge in [-0.2, -0.15) is 15.4 Å². The number of phenols is 1. The number of aromatic amines is 1. The van der Waals surface area contributed by atoms with E-state index in [-0.39, 0.29) is 22.9 Å². The molecular formula is C24H35N3O2. The predicted molar refractivity (Wildman–Crippen MR) is 115 cm³/mol. The first kappa shape index (κ1) is 20.2. The molecule has 29 heavy (non-hydrogen) atoms. The lowest BCUT2D eigenvalue weighted by atomic mass is 9.66. The van der Waals surface area contributed by atoms with Crippen molar-refractivity contribution in [3.63, 3.8) is 0 Å². The average Bonchev–Trinajstić information content (AvgIpc) is 3.11. The molecule has 5 nitrogen and oxygen atoms in total. The van der Waals surface area contributed by atoms with Gasteiger partial charge in [-0.25, -0.2) is 0 Å². The van der Waals surface area contributed by atoms with Crippen molar-refractivity contribution in [3.8, 4) is 11.5 Å². The van der Waals surface area contributed by atoms with Crippen LogP contribution in [0.25, 0.3) is 0 Å². The van der Waals surface area contributed by atoms with Crippen molar-refractivity contribution in [2.45, 2.75) is 96.5 Å². The highest BCUT2D eigenvalue weighted by Crippen LogP contribution is 2.53. The van der Waals surface area contributed by atoms with Gasteiger partial charge in [0, 0.05) is 30.2 Å². The van der Waals surface area contributed by atoms with Gasteiger partial charge in [0.25, 0.3) is 0 Å². The maximum Gasteiger partial charge on any atom is 0.127 e. The van der Waals surface area contributed by atoms with Crippen molar-refractivity contribution >= 4 is 0 Å². The van der Waals surface area contributed by atoms with Crippen molar-refractivity contribution in [3.05, 3.63) is 34.6 Å². The van der Waals surface area contributed by atoms with E-state index in [1.54, 1.807) is 0 Å². The zero-order valence-corrected chi connectivity index (χ0v) is 18.5. The first-order valence-corrected chi connectivity index (χ1v) is 11.2. The minimum atomic E-state index is -0.315. The van der Waals surface area contributed by atoms with Crippen LogP contribution in [-0.2, 0) is 18.3 Å². The second kappa shape index (κ2) is 7.33. The summed E-state index contributed by atoms with van der Waals surface area (Å²) >= 11 is 0. The van der Waals surface area contributed by atoms with Gasteiger partial charge in [0.2, 0.25) is 0 Å². The first-order valence-electron chi connectivity index (χ1n) is 11.2. The molecule has 2 atom stereocenters. The molecule has 1 aromatic carbocycles. The van der Waals surface area contributed by atoms with Crippen molar-refractivity contribution in [1.82, 2.24) is 15.4 Å². The number of nitrogens with one attached hydrogen (secondary N) is 1. The quantitative estimate of drug-likeness (QED) is 0.638. The highest BCUT2D eigenvalue weighted by Gasteiger charge is 2.48. The summed E-state index contributed by atoms with van der Waals surface area (Å²) in [4.78, 5) is 0. The van der Waals surface area contributed by atoms with E-state index in [4.69, 9.17) is 4.74 Å². The minimum absolute atomic E-state index is 0.0104. The summed E-state index contributed by atoms with van der Waals surface area (Å²) in [5.74, 6) is 1.69. The Morgan fingerprint density at radius 2 is 1.86 bits per heavy atom. The smallest absolute Gasteiger partial charge is 0.127 e. The summed E-state index contributed by atoms with van der Waals surface area (Å²) in [6, 6.07) is 4.17. The van der Waals surface area contributed by atoms with E-state index in [1.165, 1.54) is 25.7 Å². The van der Waals surface area contributed by atoms with Crippen molar-refractivity contribution in [1.29, 1.82) is 0 Å². The molecule has 4 rings (SSSR count). The van der Waals surface area contributed by atoms with E-state index < -0.39 is 0 Å². The van der Waals surface area contributed by atoms with Gasteiger partial charge >= 0.3 is 0 Å². The number of benzene rings is 1. The number of ether oxygens (including phenoxy) is 1. The molecular weight excluding hydrogens is 362 g/mol. The van der Waals surface area contributed by atoms with Crippen LogP contribution in [0.15, 0.2) is 12.1 Å². The van der Waals surface area contributed by atoms with Crippen LogP contribution in [0.3, 0.4) is 0 Å². The van der Waals surface area contributed by atoms with Crippen molar-refractivity contribution in [2.75, 3.05) is 0 Å². The molecule has 0 saturated carbocycles. The van der Waals surface area contributed by atoms with E-state index in [9.17, 15) is 5.11 Å². The topological polar surface area (TPSA) is 71.0 Å². The fourth-order valence-electron chi connectivity index (χ4n) is 5.29. The number of unbranched alkanes of at least 4 members (excludes halogenated alkanes) is 3. The van der Waals surface area contributed by atoms with Crippen LogP contribution in [0.5, 0.6) is 11.5 Å². The van der Waals surface area contributed by atoms with E-state index >= 15 is 0 Å². The van der Waals surface area contributed by atoms with Crippen LogP contribution in [0.4, 0.5) is 0 Å². The highest BCUT2D eigenvalue weighted by molar-refractivity contribution is 5.54. The number of fused-ring (bicyclic) bond motifs is 4. The van der Waals surface area contributed by atoms with E-state index in [2.05, 4.69) is 56.1 Å². The number of H-pyrrole nitrogens is 1. The maximum atomic E-state index is 11.1. The summed E-state index contributed by atoms with van der Waals surface area (Å²) in [5.41, 5.74) is 3.87. The Kier molecular flexibility index (Phi) is 5.12. The number of hydrogen-bond acceptors (Lipinski definition) is 4. The predicted octanol–water partition coefficient (Wildman–Crippen LogP) is 5.43. The fourth-order valence-corrected chi connectivity index (χ4v) is 5.29. The van der Waals surface area contributed by atoms with Crippen LogP contribution >= 0.6 is 0 Å². The maximum absolute atomic E-state index is 11.1. The van der Waals surface area contributed by atoms with E-state index in [0.29, 0.717) is 5.75 Å². The Morgan fingerprint density at radius 3 is 2.59 bits per heavy atom. The van der Waals surface area contributed by atoms with Gasteiger partial charge in [-0.3, -0.25) is 0 Å². The molecule has 2 aromatic rings. The number of rotatable bonds is 6. The standard InChI is InChI=1S/C24H35N3O2/c1-6-7-8-9-10-23(2,3)15-11-20(28)22-16-13-18-19(26-27-25-18)14-17(16)24(4,5)29-21(22)12-15/h11-12,16-17,28H,6-10,13-14H2,1-5H3,(H,25,26,27)/t16-,17-/m1/s1. The third kappa shape index (κ3) is 3.64. The first-order chi connectivity index (χ1) is 13.7. The lowest BCUT2D eigenvalue weighted by molar-refractivity contribution is 0.00486. The van der Waals surface area contributed by atoms with Gasteiger partial charge in [-0.1, -0.05) is 46.5 Å². The lowest BCUT2D eigenvalue weighted by Gasteiger charge is -2.47. The minimum Gasteiger partial charge on any atom is -0.508 e. The lowest BCUT2D eigenvalue weighted by Crippen LogP contribution is -2.48. The monoisotopic (exact) mass is 397 g/mol. The Hall–Kier alpha value is -2.04. The molecule has 0 bridgehead atoms. The number of hydrogen-bond donors (Lipinski definition) is 2. The number of aromatic nitrogens is 3. The van der Waals surface area contributed by atoms with Crippen molar-refractivity contribution < 1.29 is 9.84 Å². The molecule has 1 aliphatic carbocycles. The summed E-state index contributed by atoms with van der Waals surface area (Å²) in [6.07, 6.45) is 7.75. The SMILES string of the molecule is CCCCCCC(C)(C)c1cc(O)c2c(c1)OC(C)(C)[C@@H]1Cc3n[nH]nc3C[C@@H]21. The second-order valence-electron chi connectivity index (χ2n) is 10.1. The average molecular weight is 398 g/mol. The summed E-state index contributed by atoms with van der Waals surface area (Å²) in [7, 11) is 0. The van der Waals surface area contributed by atoms with Gasteiger partial charge in [-0.05, 0) is 43.4 Å². The summed E-state index contributed by atoms with van der Waals surface area (Å²) in [6.45, 7) is 11.1. The van der Waals surface area contributed by atoms with Crippen molar-refractivity contribution in [2.24, 2.45) is 5.92 Å². The number of nitrogens with zero attached hydrogens (tertiary/aromatic N) is 2. The van der Waals surface area contributed by atoms with E-state index in [0.717, 1.165) is 47.5 Å². The molecule has 1 aliphatic heterocycles. The van der Waals surface area contributed by atoms with Gasteiger partial charge in [-0.15, -0.1) is 0 Å². The number of aromatic hydroxyl groups is 1. The molecule has 158 valence electrons. The molecule has 2 heterocycles. The number of phenolic OH excluding ortho intramolecular Hbond substituents is 1. The normalized spacial score (nSPS) is 22.4. The third-order valence-corrected chi connectivity index (χ3v) is 7.21. The molecule has 1 aromatic heterocycles. The van der Waals surface area contributed by atoms with Crippen LogP contribution in [0.1, 0.15) is 95.2 Å². The molecule has 0 fully saturated rings. The van der Waals surface area contributed by atoms with Gasteiger partial charge < -0.3 is 9.84 Å². The third-order valence-electron chi connectivity index (χ3n) is 7.21. The molecule has 2 aliphatic rings. The Morgan fingerprint density at radius 1 is 1.14 bits per heavy atom. The van der Waals surface area contributed by atoms with Crippen LogP contribution < -0.4 is 4.74 Å². The largest absolute Gasteiger partial charge is 0.508 e. The Labute approximate surface area is 174 Å². The fraction of sp³-hybridized carbons (Fsp3) is 0.667. The molecule has 2 N–H and O–H groups in total. The molecule has 5 heteroatoms. The van der Waals surface area contributed by atoms with Crippen LogP contribution in [0.2, 0.25) is 0 Å². The molecule has 0 spiro atoms. The molecule has 0 amide bonds. The zero-order valence-electron chi connectivity index (χ0n) is 18.5. The summed E-state index contributed by atoms with van der Waals surface area (Å²) < 4.78 is 6.52. The highest BCUT2D eigenvalue weighted by atomic mass is 16.5. The molecule has 0 unspecified atom stereocenters. The van der Waals surface area contributed by atoms with E-state index in [1.807, 2.05) is 6.07 Å². The van der Waals surface area contributed by atoms with Gasteiger partial charge in [0.15, 0.2) is 0 Å². The van der Waals surface area contributed by atoms with Gasteiger partial charge in [0.05, 0.1) is 11.4 Å². The Balaban J connectivity index is 1.67. The Bertz CT molecular complexity index is 884. The molecule has 0 radical (unpaired) electrons. The zero-order chi connectivity index (χ0) is 20.8. The summed E-state index contributed by atoms with van der Waals surface area (Å²) in [5, 5.41) is 22.5. The second-order valence-corrected chi connectivity index (χ2v) is 10.1. The van der Waals surface area contributed by atoms with Crippen LogP contribution in [-0.4, -0.2) is 26.1 Å². The van der Waals surface area contributed by atoms with Gasteiger partial charge in [0.1, 0.15) is 17.1 Å². The van der Waals surface area contributed by atoms with Crippen LogP contribution in [0, 0.1) is 5.92 Å².